The first-order valence-corrected chi connectivity index (χ1v) is 9.26. The van der Waals surface area contributed by atoms with E-state index >= 15 is 0 Å². The molecule has 0 aromatic carbocycles. The van der Waals surface area contributed by atoms with Crippen molar-refractivity contribution in [2.24, 2.45) is 0 Å². The maximum absolute atomic E-state index is 12.0. The minimum Gasteiger partial charge on any atom is -0.376 e. The SMILES string of the molecule is CCCNC(=O)NNC(=O)[C@H](C)NC(O)[C@H](C)NC(=O)CCN1C(=O)C=CC1=O. The standard InChI is InChI=1S/C17H28N6O6/c1-4-8-18-17(29)22-21-16(28)11(3)20-15(27)10(2)19-12(24)7-9-23-13(25)5-6-14(23)26/h5-6,10-11,15,20,27H,4,7-9H2,1-3H3,(H,19,24)(H,21,28)(H2,18,22,29)/t10-,11-,15?/m0/s1. The first-order chi connectivity index (χ1) is 13.6. The summed E-state index contributed by atoms with van der Waals surface area (Å²) in [4.78, 5) is 59.1. The number of imide groups is 1. The van der Waals surface area contributed by atoms with Crippen molar-refractivity contribution >= 4 is 29.7 Å². The number of carbonyl (C=O) groups excluding carboxylic acids is 5. The van der Waals surface area contributed by atoms with Crippen LogP contribution in [0.4, 0.5) is 4.79 Å². The number of nitrogens with one attached hydrogen (secondary N) is 5. The van der Waals surface area contributed by atoms with Crippen molar-refractivity contribution in [2.75, 3.05) is 13.1 Å². The third kappa shape index (κ3) is 8.27. The van der Waals surface area contributed by atoms with Gasteiger partial charge in [0, 0.05) is 31.7 Å². The average Bonchev–Trinajstić information content (AvgIpc) is 3.00. The second-order valence-corrected chi connectivity index (χ2v) is 6.47. The highest BCUT2D eigenvalue weighted by molar-refractivity contribution is 6.13. The molecule has 1 aliphatic heterocycles. The van der Waals surface area contributed by atoms with E-state index in [-0.39, 0.29) is 13.0 Å². The summed E-state index contributed by atoms with van der Waals surface area (Å²) in [6.07, 6.45) is 1.63. The lowest BCUT2D eigenvalue weighted by Crippen LogP contribution is -2.57. The monoisotopic (exact) mass is 412 g/mol. The van der Waals surface area contributed by atoms with E-state index in [9.17, 15) is 29.1 Å². The maximum atomic E-state index is 12.0. The number of hydrogen-bond donors (Lipinski definition) is 6. The van der Waals surface area contributed by atoms with E-state index in [0.717, 1.165) is 23.5 Å². The summed E-state index contributed by atoms with van der Waals surface area (Å²) in [7, 11) is 0. The van der Waals surface area contributed by atoms with Gasteiger partial charge >= 0.3 is 6.03 Å². The van der Waals surface area contributed by atoms with Crippen LogP contribution >= 0.6 is 0 Å². The summed E-state index contributed by atoms with van der Waals surface area (Å²) < 4.78 is 0. The van der Waals surface area contributed by atoms with E-state index in [0.29, 0.717) is 6.54 Å². The molecule has 1 unspecified atom stereocenters. The lowest BCUT2D eigenvalue weighted by atomic mass is 10.2. The topological polar surface area (TPSA) is 169 Å². The zero-order chi connectivity index (χ0) is 22.0. The Morgan fingerprint density at radius 2 is 1.72 bits per heavy atom. The number of amides is 6. The number of nitrogens with zero attached hydrogens (tertiary/aromatic N) is 1. The van der Waals surface area contributed by atoms with Gasteiger partial charge < -0.3 is 15.7 Å². The number of aliphatic hydroxyl groups excluding tert-OH is 1. The number of hydrogen-bond acceptors (Lipinski definition) is 7. The molecule has 1 heterocycles. The number of carbonyl (C=O) groups is 5. The van der Waals surface area contributed by atoms with Crippen LogP contribution < -0.4 is 26.8 Å². The number of aliphatic hydroxyl groups is 1. The molecule has 0 aliphatic carbocycles. The molecule has 6 amide bonds. The van der Waals surface area contributed by atoms with Crippen molar-refractivity contribution in [1.82, 2.24) is 31.7 Å². The molecule has 0 spiro atoms. The second kappa shape index (κ2) is 11.8. The molecule has 0 saturated heterocycles. The van der Waals surface area contributed by atoms with E-state index < -0.39 is 48.0 Å². The van der Waals surface area contributed by atoms with Crippen LogP contribution in [-0.4, -0.2) is 71.1 Å². The molecule has 29 heavy (non-hydrogen) atoms. The normalized spacial score (nSPS) is 16.2. The van der Waals surface area contributed by atoms with Crippen molar-refractivity contribution in [1.29, 1.82) is 0 Å². The summed E-state index contributed by atoms with van der Waals surface area (Å²) in [5.74, 6) is -2.02. The van der Waals surface area contributed by atoms with Gasteiger partial charge in [-0.15, -0.1) is 0 Å². The fraction of sp³-hybridized carbons (Fsp3) is 0.588. The van der Waals surface area contributed by atoms with Gasteiger partial charge in [-0.1, -0.05) is 6.92 Å². The van der Waals surface area contributed by atoms with Crippen LogP contribution in [0.5, 0.6) is 0 Å². The average molecular weight is 412 g/mol. The van der Waals surface area contributed by atoms with Gasteiger partial charge in [-0.2, -0.15) is 0 Å². The Hall–Kier alpha value is -2.99. The molecule has 1 aliphatic rings. The quantitative estimate of drug-likeness (QED) is 0.135. The van der Waals surface area contributed by atoms with E-state index in [4.69, 9.17) is 0 Å². The smallest absolute Gasteiger partial charge is 0.333 e. The Kier molecular flexibility index (Phi) is 9.75. The van der Waals surface area contributed by atoms with Crippen molar-refractivity contribution in [3.8, 4) is 0 Å². The Balaban J connectivity index is 2.32. The number of hydrazine groups is 1. The highest BCUT2D eigenvalue weighted by Gasteiger charge is 2.25. The summed E-state index contributed by atoms with van der Waals surface area (Å²) in [5, 5.41) is 17.7. The highest BCUT2D eigenvalue weighted by atomic mass is 16.3. The molecular weight excluding hydrogens is 384 g/mol. The molecule has 0 bridgehead atoms. The maximum Gasteiger partial charge on any atom is 0.333 e. The second-order valence-electron chi connectivity index (χ2n) is 6.47. The zero-order valence-electron chi connectivity index (χ0n) is 16.7. The van der Waals surface area contributed by atoms with Crippen molar-refractivity contribution < 1.29 is 29.1 Å². The van der Waals surface area contributed by atoms with Crippen molar-refractivity contribution in [3.63, 3.8) is 0 Å². The largest absolute Gasteiger partial charge is 0.376 e. The van der Waals surface area contributed by atoms with Crippen molar-refractivity contribution in [2.45, 2.75) is 51.9 Å². The third-order valence-electron chi connectivity index (χ3n) is 3.97. The summed E-state index contributed by atoms with van der Waals surface area (Å²) in [5.41, 5.74) is 4.38. The van der Waals surface area contributed by atoms with Crippen LogP contribution in [-0.2, 0) is 19.2 Å². The van der Waals surface area contributed by atoms with Crippen LogP contribution in [0, 0.1) is 0 Å². The van der Waals surface area contributed by atoms with E-state index in [1.807, 2.05) is 6.92 Å². The summed E-state index contributed by atoms with van der Waals surface area (Å²) >= 11 is 0. The molecular formula is C17H28N6O6. The predicted octanol–water partition coefficient (Wildman–Crippen LogP) is -2.16. The third-order valence-corrected chi connectivity index (χ3v) is 3.97. The Bertz CT molecular complexity index is 649. The molecule has 1 rings (SSSR count). The molecule has 162 valence electrons. The molecule has 12 nitrogen and oxygen atoms in total. The first-order valence-electron chi connectivity index (χ1n) is 9.26. The molecule has 0 aromatic heterocycles. The first kappa shape index (κ1) is 24.0. The molecule has 12 heteroatoms. The molecule has 0 fully saturated rings. The predicted molar refractivity (Wildman–Crippen MR) is 102 cm³/mol. The molecule has 6 N–H and O–H groups in total. The van der Waals surface area contributed by atoms with Gasteiger partial charge in [-0.05, 0) is 20.3 Å². The Labute approximate surface area is 168 Å². The van der Waals surface area contributed by atoms with E-state index in [1.54, 1.807) is 0 Å². The zero-order valence-corrected chi connectivity index (χ0v) is 16.7. The van der Waals surface area contributed by atoms with Gasteiger partial charge in [0.05, 0.1) is 12.1 Å². The Morgan fingerprint density at radius 3 is 2.31 bits per heavy atom. The fourth-order valence-electron chi connectivity index (χ4n) is 2.26. The molecule has 0 radical (unpaired) electrons. The lowest BCUT2D eigenvalue weighted by molar-refractivity contribution is -0.137. The highest BCUT2D eigenvalue weighted by Crippen LogP contribution is 2.04. The fourth-order valence-corrected chi connectivity index (χ4v) is 2.26. The number of urea groups is 1. The summed E-state index contributed by atoms with van der Waals surface area (Å²) in [6, 6.07) is -2.19. The van der Waals surface area contributed by atoms with Crippen LogP contribution in [0.1, 0.15) is 33.6 Å². The van der Waals surface area contributed by atoms with Gasteiger partial charge in [-0.3, -0.25) is 34.8 Å². The Morgan fingerprint density at radius 1 is 1.10 bits per heavy atom. The lowest BCUT2D eigenvalue weighted by Gasteiger charge is -2.25. The molecule has 0 saturated carbocycles. The van der Waals surface area contributed by atoms with Gasteiger partial charge in [0.2, 0.25) is 5.91 Å². The van der Waals surface area contributed by atoms with Crippen LogP contribution in [0.15, 0.2) is 12.2 Å². The molecule has 0 aromatic rings. The minimum absolute atomic E-state index is 0.0721. The van der Waals surface area contributed by atoms with Gasteiger partial charge in [-0.25, -0.2) is 10.2 Å². The van der Waals surface area contributed by atoms with Crippen LogP contribution in [0.3, 0.4) is 0 Å². The van der Waals surface area contributed by atoms with Gasteiger partial charge in [0.25, 0.3) is 17.7 Å². The van der Waals surface area contributed by atoms with Crippen LogP contribution in [0.25, 0.3) is 0 Å². The summed E-state index contributed by atoms with van der Waals surface area (Å²) in [6.45, 7) is 5.26. The molecule has 3 atom stereocenters. The van der Waals surface area contributed by atoms with E-state index in [2.05, 4.69) is 26.8 Å². The van der Waals surface area contributed by atoms with Crippen molar-refractivity contribution in [3.05, 3.63) is 12.2 Å². The van der Waals surface area contributed by atoms with Gasteiger partial charge in [0.1, 0.15) is 6.23 Å². The number of rotatable bonds is 10. The van der Waals surface area contributed by atoms with Gasteiger partial charge in [0.15, 0.2) is 0 Å². The minimum atomic E-state index is -1.26. The van der Waals surface area contributed by atoms with Crippen LogP contribution in [0.2, 0.25) is 0 Å². The van der Waals surface area contributed by atoms with E-state index in [1.165, 1.54) is 13.8 Å².